The van der Waals surface area contributed by atoms with Crippen molar-refractivity contribution in [1.82, 2.24) is 0 Å². The molecule has 6 nitrogen and oxygen atoms in total. The first-order valence-corrected chi connectivity index (χ1v) is 12.6. The number of methoxy groups -OCH3 is 4. The summed E-state index contributed by atoms with van der Waals surface area (Å²) < 4.78 is 62.2. The van der Waals surface area contributed by atoms with Crippen molar-refractivity contribution in [2.24, 2.45) is 0 Å². The second kappa shape index (κ2) is 11.2. The molecule has 3 aromatic carbocycles. The van der Waals surface area contributed by atoms with Crippen LogP contribution in [-0.2, 0) is 15.6 Å². The average Bonchev–Trinajstić information content (AvgIpc) is 2.84. The van der Waals surface area contributed by atoms with Crippen molar-refractivity contribution < 1.29 is 31.8 Å². The van der Waals surface area contributed by atoms with E-state index in [1.54, 1.807) is 24.3 Å². The van der Waals surface area contributed by atoms with Crippen LogP contribution in [0.25, 0.3) is 12.2 Å². The normalized spacial score (nSPS) is 11.5. The highest BCUT2D eigenvalue weighted by Crippen LogP contribution is 2.39. The molecule has 0 spiro atoms. The Bertz CT molecular complexity index is 1350. The molecule has 0 aliphatic carbocycles. The van der Waals surface area contributed by atoms with Gasteiger partial charge in [0.1, 0.15) is 0 Å². The highest BCUT2D eigenvalue weighted by Gasteiger charge is 2.23. The minimum atomic E-state index is -3.92. The molecule has 0 fully saturated rings. The number of rotatable bonds is 9. The van der Waals surface area contributed by atoms with Gasteiger partial charge in [-0.25, -0.2) is 12.8 Å². The number of benzene rings is 3. The standard InChI is InChI=1S/C25H23Cl2FO6S/c1-31-22-11-15(12-23(32-2)25(22)34-4)5-6-16-7-10-21(28)24(33-3)18(16)14-35(29,30)17-8-9-19(26)20(27)13-17/h5-13H,14H2,1-4H3/b6-5-. The maximum absolute atomic E-state index is 14.5. The first-order valence-electron chi connectivity index (χ1n) is 10.2. The summed E-state index contributed by atoms with van der Waals surface area (Å²) in [6.07, 6.45) is 3.37. The van der Waals surface area contributed by atoms with Crippen molar-refractivity contribution in [3.8, 4) is 23.0 Å². The molecule has 0 atom stereocenters. The SMILES string of the molecule is COc1cc(/C=C\c2ccc(F)c(OC)c2CS(=O)(=O)c2ccc(Cl)c(Cl)c2)cc(OC)c1OC. The fourth-order valence-electron chi connectivity index (χ4n) is 3.47. The third-order valence-corrected chi connectivity index (χ3v) is 7.56. The van der Waals surface area contributed by atoms with Crippen molar-refractivity contribution in [3.05, 3.63) is 75.0 Å². The molecular weight excluding hydrogens is 518 g/mol. The van der Waals surface area contributed by atoms with Gasteiger partial charge in [-0.1, -0.05) is 41.4 Å². The van der Waals surface area contributed by atoms with Gasteiger partial charge in [-0.05, 0) is 47.5 Å². The quantitative estimate of drug-likeness (QED) is 0.296. The van der Waals surface area contributed by atoms with E-state index < -0.39 is 21.4 Å². The maximum Gasteiger partial charge on any atom is 0.203 e. The Kier molecular flexibility index (Phi) is 8.53. The Morgan fingerprint density at radius 1 is 0.800 bits per heavy atom. The lowest BCUT2D eigenvalue weighted by Crippen LogP contribution is -2.09. The molecule has 0 saturated heterocycles. The summed E-state index contributed by atoms with van der Waals surface area (Å²) in [5, 5.41) is 0.324. The Labute approximate surface area is 213 Å². The molecule has 35 heavy (non-hydrogen) atoms. The summed E-state index contributed by atoms with van der Waals surface area (Å²) in [6.45, 7) is 0. The van der Waals surface area contributed by atoms with Crippen LogP contribution in [-0.4, -0.2) is 36.9 Å². The van der Waals surface area contributed by atoms with E-state index in [1.165, 1.54) is 58.8 Å². The molecule has 0 aromatic heterocycles. The van der Waals surface area contributed by atoms with Crippen molar-refractivity contribution in [1.29, 1.82) is 0 Å². The summed E-state index contributed by atoms with van der Waals surface area (Å²) in [6, 6.07) is 10.1. The van der Waals surface area contributed by atoms with Gasteiger partial charge in [0.15, 0.2) is 32.9 Å². The summed E-state index contributed by atoms with van der Waals surface area (Å²) in [5.41, 5.74) is 1.28. The van der Waals surface area contributed by atoms with Gasteiger partial charge in [0.2, 0.25) is 5.75 Å². The molecule has 0 amide bonds. The lowest BCUT2D eigenvalue weighted by atomic mass is 10.0. The van der Waals surface area contributed by atoms with Crippen LogP contribution in [0.5, 0.6) is 23.0 Å². The topological polar surface area (TPSA) is 71.1 Å². The van der Waals surface area contributed by atoms with Gasteiger partial charge in [0.25, 0.3) is 0 Å². The summed E-state index contributed by atoms with van der Waals surface area (Å²) >= 11 is 11.9. The zero-order chi connectivity index (χ0) is 25.8. The van der Waals surface area contributed by atoms with Crippen molar-refractivity contribution >= 4 is 45.2 Å². The molecule has 0 N–H and O–H groups in total. The van der Waals surface area contributed by atoms with Crippen LogP contribution in [0.3, 0.4) is 0 Å². The molecule has 3 aromatic rings. The summed E-state index contributed by atoms with van der Waals surface area (Å²) in [7, 11) is 1.86. The van der Waals surface area contributed by atoms with Crippen LogP contribution >= 0.6 is 23.2 Å². The smallest absolute Gasteiger partial charge is 0.203 e. The van der Waals surface area contributed by atoms with E-state index in [-0.39, 0.29) is 26.3 Å². The summed E-state index contributed by atoms with van der Waals surface area (Å²) in [5.74, 6) is -0.0430. The van der Waals surface area contributed by atoms with Gasteiger partial charge in [0.05, 0.1) is 49.1 Å². The predicted molar refractivity (Wildman–Crippen MR) is 135 cm³/mol. The molecule has 0 saturated carbocycles. The molecule has 0 heterocycles. The molecule has 0 aliphatic rings. The van der Waals surface area contributed by atoms with Crippen LogP contribution in [0.15, 0.2) is 47.4 Å². The van der Waals surface area contributed by atoms with Gasteiger partial charge in [-0.3, -0.25) is 0 Å². The second-order valence-corrected chi connectivity index (χ2v) is 10.1. The zero-order valence-corrected chi connectivity index (χ0v) is 21.7. The van der Waals surface area contributed by atoms with Crippen LogP contribution < -0.4 is 18.9 Å². The molecule has 186 valence electrons. The molecule has 10 heteroatoms. The van der Waals surface area contributed by atoms with Gasteiger partial charge in [0, 0.05) is 5.56 Å². The predicted octanol–water partition coefficient (Wildman–Crippen LogP) is 6.31. The molecule has 3 rings (SSSR count). The van der Waals surface area contributed by atoms with Gasteiger partial charge >= 0.3 is 0 Å². The number of hydrogen-bond donors (Lipinski definition) is 0. The fourth-order valence-corrected chi connectivity index (χ4v) is 5.25. The van der Waals surface area contributed by atoms with Crippen LogP contribution in [0.2, 0.25) is 10.0 Å². The second-order valence-electron chi connectivity index (χ2n) is 7.28. The highest BCUT2D eigenvalue weighted by atomic mass is 35.5. The van der Waals surface area contributed by atoms with Gasteiger partial charge < -0.3 is 18.9 Å². The molecule has 0 radical (unpaired) electrons. The molecule has 0 unspecified atom stereocenters. The van der Waals surface area contributed by atoms with E-state index in [1.807, 2.05) is 0 Å². The van der Waals surface area contributed by atoms with E-state index in [2.05, 4.69) is 0 Å². The van der Waals surface area contributed by atoms with Crippen LogP contribution in [0, 0.1) is 5.82 Å². The number of sulfone groups is 1. The molecule has 0 bridgehead atoms. The van der Waals surface area contributed by atoms with Crippen molar-refractivity contribution in [3.63, 3.8) is 0 Å². The Hall–Kier alpha value is -2.94. The number of ether oxygens (including phenoxy) is 4. The van der Waals surface area contributed by atoms with Gasteiger partial charge in [-0.15, -0.1) is 0 Å². The minimum absolute atomic E-state index is 0.0437. The zero-order valence-electron chi connectivity index (χ0n) is 19.4. The largest absolute Gasteiger partial charge is 0.493 e. The van der Waals surface area contributed by atoms with Crippen LogP contribution in [0.1, 0.15) is 16.7 Å². The maximum atomic E-state index is 14.5. The monoisotopic (exact) mass is 540 g/mol. The van der Waals surface area contributed by atoms with Gasteiger partial charge in [-0.2, -0.15) is 0 Å². The highest BCUT2D eigenvalue weighted by molar-refractivity contribution is 7.90. The van der Waals surface area contributed by atoms with Crippen molar-refractivity contribution in [2.75, 3.05) is 28.4 Å². The Balaban J connectivity index is 2.08. The first kappa shape index (κ1) is 26.7. The Morgan fingerprint density at radius 3 is 1.97 bits per heavy atom. The van der Waals surface area contributed by atoms with Crippen molar-refractivity contribution in [2.45, 2.75) is 10.6 Å². The minimum Gasteiger partial charge on any atom is -0.493 e. The number of hydrogen-bond acceptors (Lipinski definition) is 6. The third kappa shape index (κ3) is 5.83. The van der Waals surface area contributed by atoms with E-state index in [9.17, 15) is 12.8 Å². The lowest BCUT2D eigenvalue weighted by Gasteiger charge is -2.14. The lowest BCUT2D eigenvalue weighted by molar-refractivity contribution is 0.324. The van der Waals surface area contributed by atoms with E-state index in [0.29, 0.717) is 28.4 Å². The average molecular weight is 541 g/mol. The Morgan fingerprint density at radius 2 is 1.43 bits per heavy atom. The third-order valence-electron chi connectivity index (χ3n) is 5.18. The van der Waals surface area contributed by atoms with E-state index >= 15 is 0 Å². The van der Waals surface area contributed by atoms with Crippen LogP contribution in [0.4, 0.5) is 4.39 Å². The van der Waals surface area contributed by atoms with E-state index in [4.69, 9.17) is 42.1 Å². The first-order chi connectivity index (χ1) is 16.6. The summed E-state index contributed by atoms with van der Waals surface area (Å²) in [4.78, 5) is -0.0437. The van der Waals surface area contributed by atoms with E-state index in [0.717, 1.165) is 0 Å². The fraction of sp³-hybridized carbons (Fsp3) is 0.200. The molecular formula is C25H23Cl2FO6S. The molecule has 0 aliphatic heterocycles. The number of halogens is 3.